The summed E-state index contributed by atoms with van der Waals surface area (Å²) < 4.78 is 15.0. The minimum Gasteiger partial charge on any atom is -0.315 e. The molecule has 0 saturated heterocycles. The number of hydrogen-bond donors (Lipinski definition) is 1. The number of likely N-dealkylation sites (N-methyl/N-ethyl adjacent to an activating group) is 1. The molecule has 5 heteroatoms. The zero-order valence-electron chi connectivity index (χ0n) is 9.77. The number of nitrogens with one attached hydrogen (secondary N) is 1. The number of rotatable bonds is 3. The highest BCUT2D eigenvalue weighted by molar-refractivity contribution is 5.77. The number of aromatic nitrogens is 2. The molecule has 0 bridgehead atoms. The third-order valence-electron chi connectivity index (χ3n) is 2.77. The lowest BCUT2D eigenvalue weighted by Gasteiger charge is -2.12. The maximum atomic E-state index is 13.6. The van der Waals surface area contributed by atoms with Gasteiger partial charge in [0.05, 0.1) is 11.8 Å². The van der Waals surface area contributed by atoms with Gasteiger partial charge in [0.25, 0.3) is 5.56 Å². The summed E-state index contributed by atoms with van der Waals surface area (Å²) in [7, 11) is 1.81. The Balaban J connectivity index is 2.57. The maximum Gasteiger partial charge on any atom is 0.264 e. The van der Waals surface area contributed by atoms with Gasteiger partial charge in [-0.15, -0.1) is 0 Å². The van der Waals surface area contributed by atoms with Crippen molar-refractivity contribution in [2.24, 2.45) is 0 Å². The molecule has 0 spiro atoms. The molecular weight excluding hydrogens is 221 g/mol. The van der Waals surface area contributed by atoms with Crippen molar-refractivity contribution < 1.29 is 4.39 Å². The van der Waals surface area contributed by atoms with Crippen molar-refractivity contribution in [1.29, 1.82) is 0 Å². The molecule has 0 saturated carbocycles. The van der Waals surface area contributed by atoms with Crippen LogP contribution in [0.3, 0.4) is 0 Å². The summed E-state index contributed by atoms with van der Waals surface area (Å²) in [5.74, 6) is -0.522. The summed E-state index contributed by atoms with van der Waals surface area (Å²) in [5.41, 5.74) is 0.0542. The Kier molecular flexibility index (Phi) is 3.19. The molecule has 1 heterocycles. The molecular formula is C12H14FN3O. The van der Waals surface area contributed by atoms with E-state index in [1.165, 1.54) is 17.0 Å². The summed E-state index contributed by atoms with van der Waals surface area (Å²) in [6, 6.07) is 4.58. The fraction of sp³-hybridized carbons (Fsp3) is 0.333. The molecule has 4 nitrogen and oxygen atoms in total. The zero-order chi connectivity index (χ0) is 12.4. The van der Waals surface area contributed by atoms with Gasteiger partial charge in [-0.2, -0.15) is 0 Å². The minimum absolute atomic E-state index is 0.0540. The predicted octanol–water partition coefficient (Wildman–Crippen LogP) is 1.14. The van der Waals surface area contributed by atoms with Crippen LogP contribution in [0.25, 0.3) is 10.9 Å². The van der Waals surface area contributed by atoms with Crippen LogP contribution >= 0.6 is 0 Å². The van der Waals surface area contributed by atoms with Crippen LogP contribution in [0, 0.1) is 5.82 Å². The van der Waals surface area contributed by atoms with Crippen molar-refractivity contribution in [1.82, 2.24) is 14.9 Å². The van der Waals surface area contributed by atoms with Gasteiger partial charge in [0.2, 0.25) is 0 Å². The monoisotopic (exact) mass is 235 g/mol. The molecule has 2 rings (SSSR count). The highest BCUT2D eigenvalue weighted by atomic mass is 19.1. The van der Waals surface area contributed by atoms with Crippen LogP contribution in [0.15, 0.2) is 29.3 Å². The number of benzene rings is 1. The lowest BCUT2D eigenvalue weighted by atomic mass is 10.2. The predicted molar refractivity (Wildman–Crippen MR) is 64.5 cm³/mol. The SMILES string of the molecule is CNC(C)Cn1cnc2cccc(F)c2c1=O. The Labute approximate surface area is 98.1 Å². The fourth-order valence-electron chi connectivity index (χ4n) is 1.68. The first-order valence-electron chi connectivity index (χ1n) is 5.44. The second-order valence-corrected chi connectivity index (χ2v) is 4.03. The molecule has 1 unspecified atom stereocenters. The van der Waals surface area contributed by atoms with Gasteiger partial charge in [0.15, 0.2) is 0 Å². The van der Waals surface area contributed by atoms with Crippen LogP contribution in [0.1, 0.15) is 6.92 Å². The van der Waals surface area contributed by atoms with Crippen LogP contribution in [-0.4, -0.2) is 22.6 Å². The smallest absolute Gasteiger partial charge is 0.264 e. The van der Waals surface area contributed by atoms with E-state index in [0.29, 0.717) is 12.1 Å². The Morgan fingerprint density at radius 2 is 2.29 bits per heavy atom. The first-order valence-corrected chi connectivity index (χ1v) is 5.44. The number of fused-ring (bicyclic) bond motifs is 1. The molecule has 0 radical (unpaired) electrons. The van der Waals surface area contributed by atoms with E-state index in [2.05, 4.69) is 10.3 Å². The van der Waals surface area contributed by atoms with Crippen molar-refractivity contribution in [3.05, 3.63) is 40.7 Å². The molecule has 0 aliphatic rings. The van der Waals surface area contributed by atoms with Crippen molar-refractivity contribution in [3.8, 4) is 0 Å². The second-order valence-electron chi connectivity index (χ2n) is 4.03. The summed E-state index contributed by atoms with van der Waals surface area (Å²) in [5, 5.41) is 3.08. The maximum absolute atomic E-state index is 13.6. The summed E-state index contributed by atoms with van der Waals surface area (Å²) in [4.78, 5) is 16.1. The second kappa shape index (κ2) is 4.63. The zero-order valence-corrected chi connectivity index (χ0v) is 9.77. The molecule has 0 fully saturated rings. The van der Waals surface area contributed by atoms with Gasteiger partial charge in [-0.05, 0) is 26.1 Å². The van der Waals surface area contributed by atoms with Gasteiger partial charge in [-0.25, -0.2) is 9.37 Å². The van der Waals surface area contributed by atoms with E-state index in [9.17, 15) is 9.18 Å². The van der Waals surface area contributed by atoms with E-state index in [1.807, 2.05) is 14.0 Å². The number of halogens is 1. The van der Waals surface area contributed by atoms with Gasteiger partial charge >= 0.3 is 0 Å². The van der Waals surface area contributed by atoms with Gasteiger partial charge in [0.1, 0.15) is 11.2 Å². The lowest BCUT2D eigenvalue weighted by molar-refractivity contribution is 0.502. The van der Waals surface area contributed by atoms with Gasteiger partial charge in [0, 0.05) is 12.6 Å². The number of hydrogen-bond acceptors (Lipinski definition) is 3. The standard InChI is InChI=1S/C12H14FN3O/c1-8(14-2)6-16-7-15-10-5-3-4-9(13)11(10)12(16)17/h3-5,7-8,14H,6H2,1-2H3. The molecule has 90 valence electrons. The van der Waals surface area contributed by atoms with E-state index >= 15 is 0 Å². The molecule has 0 amide bonds. The molecule has 1 aromatic heterocycles. The first kappa shape index (κ1) is 11.7. The Morgan fingerprint density at radius 3 is 3.00 bits per heavy atom. The van der Waals surface area contributed by atoms with Crippen LogP contribution in [0.4, 0.5) is 4.39 Å². The average Bonchev–Trinajstić information content (AvgIpc) is 2.32. The van der Waals surface area contributed by atoms with Crippen molar-refractivity contribution in [2.45, 2.75) is 19.5 Å². The summed E-state index contributed by atoms with van der Waals surface area (Å²) in [6.45, 7) is 2.41. The quantitative estimate of drug-likeness (QED) is 0.868. The average molecular weight is 235 g/mol. The first-order chi connectivity index (χ1) is 8.13. The largest absolute Gasteiger partial charge is 0.315 e. The van der Waals surface area contributed by atoms with Crippen LogP contribution < -0.4 is 10.9 Å². The molecule has 1 atom stereocenters. The van der Waals surface area contributed by atoms with Crippen molar-refractivity contribution >= 4 is 10.9 Å². The highest BCUT2D eigenvalue weighted by Gasteiger charge is 2.09. The van der Waals surface area contributed by atoms with Gasteiger partial charge in [-0.1, -0.05) is 6.07 Å². The van der Waals surface area contributed by atoms with Crippen LogP contribution in [-0.2, 0) is 6.54 Å². The van der Waals surface area contributed by atoms with Crippen LogP contribution in [0.5, 0.6) is 0 Å². The van der Waals surface area contributed by atoms with E-state index in [1.54, 1.807) is 12.1 Å². The fourth-order valence-corrected chi connectivity index (χ4v) is 1.68. The van der Waals surface area contributed by atoms with Gasteiger partial charge < -0.3 is 5.32 Å². The minimum atomic E-state index is -0.522. The molecule has 17 heavy (non-hydrogen) atoms. The molecule has 1 N–H and O–H groups in total. The third-order valence-corrected chi connectivity index (χ3v) is 2.77. The normalized spacial score (nSPS) is 12.9. The Bertz CT molecular complexity index is 594. The van der Waals surface area contributed by atoms with Gasteiger partial charge in [-0.3, -0.25) is 9.36 Å². The Hall–Kier alpha value is -1.75. The van der Waals surface area contributed by atoms with E-state index in [4.69, 9.17) is 0 Å². The molecule has 0 aliphatic heterocycles. The van der Waals surface area contributed by atoms with Crippen molar-refractivity contribution in [3.63, 3.8) is 0 Å². The molecule has 1 aromatic carbocycles. The molecule has 0 aliphatic carbocycles. The van der Waals surface area contributed by atoms with E-state index < -0.39 is 5.82 Å². The summed E-state index contributed by atoms with van der Waals surface area (Å²) >= 11 is 0. The molecule has 2 aromatic rings. The van der Waals surface area contributed by atoms with E-state index in [-0.39, 0.29) is 17.0 Å². The summed E-state index contributed by atoms with van der Waals surface area (Å²) in [6.07, 6.45) is 1.46. The lowest BCUT2D eigenvalue weighted by Crippen LogP contribution is -2.32. The number of nitrogens with zero attached hydrogens (tertiary/aromatic N) is 2. The van der Waals surface area contributed by atoms with Crippen molar-refractivity contribution in [2.75, 3.05) is 7.05 Å². The highest BCUT2D eigenvalue weighted by Crippen LogP contribution is 2.10. The Morgan fingerprint density at radius 1 is 1.53 bits per heavy atom. The van der Waals surface area contributed by atoms with E-state index in [0.717, 1.165) is 0 Å². The topological polar surface area (TPSA) is 46.9 Å². The van der Waals surface area contributed by atoms with Crippen LogP contribution in [0.2, 0.25) is 0 Å². The third kappa shape index (κ3) is 2.19.